The van der Waals surface area contributed by atoms with Crippen LogP contribution >= 0.6 is 11.6 Å². The first-order valence-electron chi connectivity index (χ1n) is 6.49. The van der Waals surface area contributed by atoms with Crippen LogP contribution in [-0.4, -0.2) is 12.7 Å². The zero-order chi connectivity index (χ0) is 14.3. The smallest absolute Gasteiger partial charge is 0.387 e. The van der Waals surface area contributed by atoms with Crippen LogP contribution in [0, 0.1) is 0 Å². The van der Waals surface area contributed by atoms with Crippen molar-refractivity contribution in [2.24, 2.45) is 0 Å². The van der Waals surface area contributed by atoms with Gasteiger partial charge in [0.25, 0.3) is 0 Å². The summed E-state index contributed by atoms with van der Waals surface area (Å²) in [5.74, 6) is 0.176. The molecule has 0 fully saturated rings. The number of halogens is 3. The summed E-state index contributed by atoms with van der Waals surface area (Å²) >= 11 is 5.88. The third-order valence-electron chi connectivity index (χ3n) is 2.87. The Morgan fingerprint density at radius 1 is 1.37 bits per heavy atom. The molecule has 0 aliphatic carbocycles. The van der Waals surface area contributed by atoms with Crippen LogP contribution in [0.5, 0.6) is 5.75 Å². The molecule has 108 valence electrons. The molecule has 0 aliphatic heterocycles. The van der Waals surface area contributed by atoms with Crippen LogP contribution in [0.4, 0.5) is 8.78 Å². The van der Waals surface area contributed by atoms with Crippen molar-refractivity contribution >= 4 is 11.6 Å². The van der Waals surface area contributed by atoms with Crippen LogP contribution in [0.25, 0.3) is 0 Å². The van der Waals surface area contributed by atoms with Gasteiger partial charge in [-0.3, -0.25) is 0 Å². The largest absolute Gasteiger partial charge is 0.434 e. The molecule has 0 spiro atoms. The van der Waals surface area contributed by atoms with Crippen molar-refractivity contribution in [2.45, 2.75) is 52.3 Å². The lowest BCUT2D eigenvalue weighted by Crippen LogP contribution is -2.25. The molecule has 0 radical (unpaired) electrons. The number of rotatable bonds is 8. The van der Waals surface area contributed by atoms with Crippen LogP contribution < -0.4 is 10.1 Å². The van der Waals surface area contributed by atoms with Gasteiger partial charge in [0.1, 0.15) is 5.75 Å². The first kappa shape index (κ1) is 16.2. The zero-order valence-corrected chi connectivity index (χ0v) is 12.0. The molecule has 1 aromatic carbocycles. The Morgan fingerprint density at radius 2 is 2.11 bits per heavy atom. The Hall–Kier alpha value is -0.870. The molecule has 0 saturated carbocycles. The van der Waals surface area contributed by atoms with Crippen LogP contribution in [0.3, 0.4) is 0 Å². The standard InChI is InChI=1S/C14H20ClF2NO/c1-3-4-5-10(2)18-9-11-8-12(15)6-7-13(11)19-14(16)17/h6-8,10,14,18H,3-5,9H2,1-2H3. The third-order valence-corrected chi connectivity index (χ3v) is 3.11. The fourth-order valence-electron chi connectivity index (χ4n) is 1.79. The molecule has 2 nitrogen and oxygen atoms in total. The van der Waals surface area contributed by atoms with Crippen molar-refractivity contribution in [3.05, 3.63) is 28.8 Å². The highest BCUT2D eigenvalue weighted by atomic mass is 35.5. The highest BCUT2D eigenvalue weighted by molar-refractivity contribution is 6.30. The number of unbranched alkanes of at least 4 members (excludes halogenated alkanes) is 1. The highest BCUT2D eigenvalue weighted by Gasteiger charge is 2.11. The van der Waals surface area contributed by atoms with Crippen molar-refractivity contribution in [3.63, 3.8) is 0 Å². The van der Waals surface area contributed by atoms with Gasteiger partial charge in [0, 0.05) is 23.2 Å². The van der Waals surface area contributed by atoms with Gasteiger partial charge in [-0.25, -0.2) is 0 Å². The van der Waals surface area contributed by atoms with Gasteiger partial charge in [0.15, 0.2) is 0 Å². The van der Waals surface area contributed by atoms with E-state index in [9.17, 15) is 8.78 Å². The molecule has 0 saturated heterocycles. The number of hydrogen-bond acceptors (Lipinski definition) is 2. The molecule has 0 aromatic heterocycles. The monoisotopic (exact) mass is 291 g/mol. The van der Waals surface area contributed by atoms with Crippen LogP contribution in [0.2, 0.25) is 5.02 Å². The zero-order valence-electron chi connectivity index (χ0n) is 11.3. The second-order valence-corrected chi connectivity index (χ2v) is 4.99. The first-order chi connectivity index (χ1) is 9.02. The molecule has 1 unspecified atom stereocenters. The second kappa shape index (κ2) is 8.33. The summed E-state index contributed by atoms with van der Waals surface area (Å²) in [7, 11) is 0. The number of hydrogen-bond donors (Lipinski definition) is 1. The molecule has 1 rings (SSSR count). The summed E-state index contributed by atoms with van der Waals surface area (Å²) in [6, 6.07) is 5.00. The topological polar surface area (TPSA) is 21.3 Å². The van der Waals surface area contributed by atoms with Crippen molar-refractivity contribution < 1.29 is 13.5 Å². The predicted octanol–water partition coefficient (Wildman–Crippen LogP) is 4.61. The van der Waals surface area contributed by atoms with Gasteiger partial charge in [-0.2, -0.15) is 8.78 Å². The summed E-state index contributed by atoms with van der Waals surface area (Å²) < 4.78 is 29.1. The van der Waals surface area contributed by atoms with Gasteiger partial charge in [-0.15, -0.1) is 0 Å². The molecule has 0 amide bonds. The minimum atomic E-state index is -2.82. The summed E-state index contributed by atoms with van der Waals surface area (Å²) in [5, 5.41) is 3.80. The van der Waals surface area contributed by atoms with E-state index in [1.165, 1.54) is 6.07 Å². The molecule has 1 atom stereocenters. The lowest BCUT2D eigenvalue weighted by atomic mass is 10.1. The highest BCUT2D eigenvalue weighted by Crippen LogP contribution is 2.24. The van der Waals surface area contributed by atoms with E-state index in [0.717, 1.165) is 19.3 Å². The summed E-state index contributed by atoms with van der Waals surface area (Å²) in [6.07, 6.45) is 3.34. The minimum absolute atomic E-state index is 0.176. The van der Waals surface area contributed by atoms with Crippen molar-refractivity contribution in [2.75, 3.05) is 0 Å². The van der Waals surface area contributed by atoms with E-state index >= 15 is 0 Å². The lowest BCUT2D eigenvalue weighted by Gasteiger charge is -2.16. The van der Waals surface area contributed by atoms with Crippen LogP contribution in [0.15, 0.2) is 18.2 Å². The molecule has 5 heteroatoms. The van der Waals surface area contributed by atoms with Crippen molar-refractivity contribution in [1.29, 1.82) is 0 Å². The van der Waals surface area contributed by atoms with Gasteiger partial charge in [0.05, 0.1) is 0 Å². The SMILES string of the molecule is CCCCC(C)NCc1cc(Cl)ccc1OC(F)F. The van der Waals surface area contributed by atoms with E-state index in [1.807, 2.05) is 0 Å². The number of ether oxygens (including phenoxy) is 1. The maximum atomic E-state index is 12.3. The Labute approximate surface area is 118 Å². The normalized spacial score (nSPS) is 12.7. The molecule has 1 N–H and O–H groups in total. The predicted molar refractivity (Wildman–Crippen MR) is 73.9 cm³/mol. The summed E-state index contributed by atoms with van der Waals surface area (Å²) in [4.78, 5) is 0. The van der Waals surface area contributed by atoms with E-state index in [4.69, 9.17) is 11.6 Å². The Balaban J connectivity index is 2.62. The number of alkyl halides is 2. The Kier molecular flexibility index (Phi) is 7.10. The molecule has 0 aliphatic rings. The summed E-state index contributed by atoms with van der Waals surface area (Å²) in [5.41, 5.74) is 0.649. The maximum Gasteiger partial charge on any atom is 0.387 e. The van der Waals surface area contributed by atoms with Crippen molar-refractivity contribution in [1.82, 2.24) is 5.32 Å². The minimum Gasteiger partial charge on any atom is -0.434 e. The molecule has 0 bridgehead atoms. The van der Waals surface area contributed by atoms with Crippen LogP contribution in [0.1, 0.15) is 38.7 Å². The lowest BCUT2D eigenvalue weighted by molar-refractivity contribution is -0.0505. The van der Waals surface area contributed by atoms with Crippen molar-refractivity contribution in [3.8, 4) is 5.75 Å². The average molecular weight is 292 g/mol. The van der Waals surface area contributed by atoms with Gasteiger partial charge in [-0.05, 0) is 31.5 Å². The maximum absolute atomic E-state index is 12.3. The molecule has 1 aromatic rings. The summed E-state index contributed by atoms with van der Waals surface area (Å²) in [6.45, 7) is 1.86. The quantitative estimate of drug-likeness (QED) is 0.755. The molecule has 0 heterocycles. The van der Waals surface area contributed by atoms with E-state index in [2.05, 4.69) is 23.9 Å². The Bertz CT molecular complexity index is 388. The number of benzene rings is 1. The fraction of sp³-hybridized carbons (Fsp3) is 0.571. The Morgan fingerprint density at radius 3 is 2.74 bits per heavy atom. The van der Waals surface area contributed by atoms with Gasteiger partial charge < -0.3 is 10.1 Å². The van der Waals surface area contributed by atoms with Gasteiger partial charge >= 0.3 is 6.61 Å². The first-order valence-corrected chi connectivity index (χ1v) is 6.87. The van der Waals surface area contributed by atoms with E-state index in [-0.39, 0.29) is 5.75 Å². The van der Waals surface area contributed by atoms with E-state index < -0.39 is 6.61 Å². The van der Waals surface area contributed by atoms with Crippen LogP contribution in [-0.2, 0) is 6.54 Å². The molecule has 19 heavy (non-hydrogen) atoms. The number of nitrogens with one attached hydrogen (secondary N) is 1. The molecular weight excluding hydrogens is 272 g/mol. The fourth-order valence-corrected chi connectivity index (χ4v) is 1.99. The van der Waals surface area contributed by atoms with Gasteiger partial charge in [0.2, 0.25) is 0 Å². The third kappa shape index (κ3) is 6.21. The van der Waals surface area contributed by atoms with E-state index in [0.29, 0.717) is 23.2 Å². The second-order valence-electron chi connectivity index (χ2n) is 4.55. The van der Waals surface area contributed by atoms with Gasteiger partial charge in [-0.1, -0.05) is 31.4 Å². The average Bonchev–Trinajstić information content (AvgIpc) is 2.36. The molecular formula is C14H20ClF2NO. The van der Waals surface area contributed by atoms with E-state index in [1.54, 1.807) is 12.1 Å².